The fraction of sp³-hybridized carbons (Fsp3) is 0.353. The summed E-state index contributed by atoms with van der Waals surface area (Å²) in [6.07, 6.45) is 2.37. The molecule has 3 rings (SSSR count). The van der Waals surface area contributed by atoms with Crippen LogP contribution < -0.4 is 10.6 Å². The minimum atomic E-state index is -0.209. The summed E-state index contributed by atoms with van der Waals surface area (Å²) in [6.45, 7) is 1.32. The molecule has 1 aliphatic rings. The van der Waals surface area contributed by atoms with Crippen molar-refractivity contribution in [3.8, 4) is 0 Å². The van der Waals surface area contributed by atoms with E-state index in [0.29, 0.717) is 22.9 Å². The van der Waals surface area contributed by atoms with Crippen molar-refractivity contribution in [3.63, 3.8) is 0 Å². The van der Waals surface area contributed by atoms with Gasteiger partial charge in [-0.15, -0.1) is 11.3 Å². The molecule has 2 amide bonds. The van der Waals surface area contributed by atoms with Crippen molar-refractivity contribution in [2.75, 3.05) is 18.5 Å². The molecular formula is C17H19N3O3S. The van der Waals surface area contributed by atoms with Crippen LogP contribution in [0.25, 0.3) is 0 Å². The number of hydrogen-bond acceptors (Lipinski definition) is 5. The van der Waals surface area contributed by atoms with Crippen molar-refractivity contribution in [2.45, 2.75) is 25.4 Å². The Labute approximate surface area is 144 Å². The van der Waals surface area contributed by atoms with Crippen molar-refractivity contribution in [2.24, 2.45) is 0 Å². The van der Waals surface area contributed by atoms with Gasteiger partial charge in [-0.1, -0.05) is 18.2 Å². The summed E-state index contributed by atoms with van der Waals surface area (Å²) < 4.78 is 5.47. The minimum absolute atomic E-state index is 0.0864. The SMILES string of the molecule is O=C(Cc1csc(NC(=O)c2ccccc2)n1)NCC1CCCO1. The monoisotopic (exact) mass is 345 g/mol. The Balaban J connectivity index is 1.48. The number of rotatable bonds is 6. The number of hydrogen-bond donors (Lipinski definition) is 2. The first-order valence-electron chi connectivity index (χ1n) is 7.90. The maximum atomic E-state index is 12.1. The van der Waals surface area contributed by atoms with E-state index in [1.54, 1.807) is 29.6 Å². The van der Waals surface area contributed by atoms with Gasteiger partial charge in [0.1, 0.15) is 0 Å². The van der Waals surface area contributed by atoms with E-state index in [2.05, 4.69) is 15.6 Å². The van der Waals surface area contributed by atoms with Crippen LogP contribution in [0.2, 0.25) is 0 Å². The Morgan fingerprint density at radius 1 is 1.29 bits per heavy atom. The van der Waals surface area contributed by atoms with Crippen LogP contribution in [0.1, 0.15) is 28.9 Å². The number of ether oxygens (including phenoxy) is 1. The number of nitrogens with one attached hydrogen (secondary N) is 2. The highest BCUT2D eigenvalue weighted by atomic mass is 32.1. The summed E-state index contributed by atoms with van der Waals surface area (Å²) in [4.78, 5) is 28.3. The van der Waals surface area contributed by atoms with Gasteiger partial charge in [0, 0.05) is 24.1 Å². The van der Waals surface area contributed by atoms with E-state index in [4.69, 9.17) is 4.74 Å². The van der Waals surface area contributed by atoms with E-state index in [1.165, 1.54) is 11.3 Å². The van der Waals surface area contributed by atoms with E-state index < -0.39 is 0 Å². The quantitative estimate of drug-likeness (QED) is 0.841. The van der Waals surface area contributed by atoms with Crippen molar-refractivity contribution in [1.82, 2.24) is 10.3 Å². The Hall–Kier alpha value is -2.25. The van der Waals surface area contributed by atoms with Crippen molar-refractivity contribution in [1.29, 1.82) is 0 Å². The topological polar surface area (TPSA) is 80.3 Å². The molecule has 0 saturated carbocycles. The highest BCUT2D eigenvalue weighted by molar-refractivity contribution is 7.14. The van der Waals surface area contributed by atoms with Crippen LogP contribution in [0.3, 0.4) is 0 Å². The number of amides is 2. The molecule has 1 unspecified atom stereocenters. The molecule has 2 N–H and O–H groups in total. The first-order chi connectivity index (χ1) is 11.7. The Morgan fingerprint density at radius 3 is 2.88 bits per heavy atom. The standard InChI is InChI=1S/C17H19N3O3S/c21-15(18-10-14-7-4-8-23-14)9-13-11-24-17(19-13)20-16(22)12-5-2-1-3-6-12/h1-3,5-6,11,14H,4,7-10H2,(H,18,21)(H,19,20,22). The van der Waals surface area contributed by atoms with E-state index in [9.17, 15) is 9.59 Å². The van der Waals surface area contributed by atoms with Gasteiger partial charge in [0.15, 0.2) is 5.13 Å². The van der Waals surface area contributed by atoms with E-state index in [-0.39, 0.29) is 24.3 Å². The minimum Gasteiger partial charge on any atom is -0.376 e. The van der Waals surface area contributed by atoms with Gasteiger partial charge in [-0.25, -0.2) is 4.98 Å². The van der Waals surface area contributed by atoms with Gasteiger partial charge >= 0.3 is 0 Å². The maximum absolute atomic E-state index is 12.1. The summed E-state index contributed by atoms with van der Waals surface area (Å²) in [6, 6.07) is 8.94. The van der Waals surface area contributed by atoms with Crippen LogP contribution in [0.5, 0.6) is 0 Å². The van der Waals surface area contributed by atoms with Crippen LogP contribution >= 0.6 is 11.3 Å². The number of anilines is 1. The number of nitrogens with zero attached hydrogens (tertiary/aromatic N) is 1. The molecule has 126 valence electrons. The van der Waals surface area contributed by atoms with Gasteiger partial charge in [0.2, 0.25) is 5.91 Å². The van der Waals surface area contributed by atoms with Gasteiger partial charge in [-0.05, 0) is 25.0 Å². The molecule has 1 fully saturated rings. The second-order valence-electron chi connectivity index (χ2n) is 5.58. The van der Waals surface area contributed by atoms with Gasteiger partial charge in [0.25, 0.3) is 5.91 Å². The molecule has 1 saturated heterocycles. The second kappa shape index (κ2) is 8.03. The molecule has 7 heteroatoms. The molecule has 1 atom stereocenters. The molecule has 0 bridgehead atoms. The normalized spacial score (nSPS) is 16.8. The van der Waals surface area contributed by atoms with Crippen LogP contribution in [0.15, 0.2) is 35.7 Å². The van der Waals surface area contributed by atoms with Crippen molar-refractivity contribution < 1.29 is 14.3 Å². The van der Waals surface area contributed by atoms with Crippen LogP contribution in [-0.2, 0) is 16.0 Å². The molecule has 6 nitrogen and oxygen atoms in total. The summed E-state index contributed by atoms with van der Waals surface area (Å²) >= 11 is 1.31. The summed E-state index contributed by atoms with van der Waals surface area (Å²) in [7, 11) is 0. The van der Waals surface area contributed by atoms with E-state index >= 15 is 0 Å². The van der Waals surface area contributed by atoms with Crippen LogP contribution in [-0.4, -0.2) is 36.1 Å². The van der Waals surface area contributed by atoms with Crippen molar-refractivity contribution in [3.05, 3.63) is 47.0 Å². The number of carbonyl (C=O) groups is 2. The molecule has 2 aromatic rings. The van der Waals surface area contributed by atoms with Gasteiger partial charge in [-0.3, -0.25) is 14.9 Å². The Morgan fingerprint density at radius 2 is 2.12 bits per heavy atom. The fourth-order valence-electron chi connectivity index (χ4n) is 2.46. The zero-order valence-electron chi connectivity index (χ0n) is 13.2. The molecule has 1 aliphatic heterocycles. The fourth-order valence-corrected chi connectivity index (χ4v) is 3.17. The molecule has 24 heavy (non-hydrogen) atoms. The molecule has 0 aliphatic carbocycles. The maximum Gasteiger partial charge on any atom is 0.257 e. The molecule has 0 spiro atoms. The molecular weight excluding hydrogens is 326 g/mol. The first kappa shape index (κ1) is 16.6. The highest BCUT2D eigenvalue weighted by Gasteiger charge is 2.17. The van der Waals surface area contributed by atoms with Gasteiger partial charge in [0.05, 0.1) is 18.2 Å². The number of thiazole rings is 1. The molecule has 1 aromatic heterocycles. The predicted octanol–water partition coefficient (Wildman–Crippen LogP) is 2.23. The number of carbonyl (C=O) groups excluding carboxylic acids is 2. The zero-order valence-corrected chi connectivity index (χ0v) is 14.0. The summed E-state index contributed by atoms with van der Waals surface area (Å²) in [5.41, 5.74) is 1.22. The lowest BCUT2D eigenvalue weighted by atomic mass is 10.2. The lowest BCUT2D eigenvalue weighted by molar-refractivity contribution is -0.121. The number of benzene rings is 1. The van der Waals surface area contributed by atoms with E-state index in [0.717, 1.165) is 19.4 Å². The lowest BCUT2D eigenvalue weighted by Crippen LogP contribution is -2.32. The summed E-state index contributed by atoms with van der Waals surface area (Å²) in [5, 5.41) is 7.88. The Kier molecular flexibility index (Phi) is 5.55. The molecule has 1 aromatic carbocycles. The lowest BCUT2D eigenvalue weighted by Gasteiger charge is -2.09. The van der Waals surface area contributed by atoms with Gasteiger partial charge in [-0.2, -0.15) is 0 Å². The zero-order chi connectivity index (χ0) is 16.8. The highest BCUT2D eigenvalue weighted by Crippen LogP contribution is 2.17. The van der Waals surface area contributed by atoms with Gasteiger partial charge < -0.3 is 10.1 Å². The molecule has 0 radical (unpaired) electrons. The smallest absolute Gasteiger partial charge is 0.257 e. The second-order valence-corrected chi connectivity index (χ2v) is 6.44. The van der Waals surface area contributed by atoms with Crippen molar-refractivity contribution >= 4 is 28.3 Å². The summed E-state index contributed by atoms with van der Waals surface area (Å²) in [5.74, 6) is -0.295. The predicted molar refractivity (Wildman–Crippen MR) is 92.2 cm³/mol. The third kappa shape index (κ3) is 4.62. The average Bonchev–Trinajstić information content (AvgIpc) is 3.26. The number of aromatic nitrogens is 1. The van der Waals surface area contributed by atoms with Crippen LogP contribution in [0.4, 0.5) is 5.13 Å². The largest absolute Gasteiger partial charge is 0.376 e. The average molecular weight is 345 g/mol. The first-order valence-corrected chi connectivity index (χ1v) is 8.78. The Bertz CT molecular complexity index is 696. The van der Waals surface area contributed by atoms with Crippen LogP contribution in [0, 0.1) is 0 Å². The third-order valence-corrected chi connectivity index (χ3v) is 4.51. The molecule has 2 heterocycles. The third-order valence-electron chi connectivity index (χ3n) is 3.70. The van der Waals surface area contributed by atoms with E-state index in [1.807, 2.05) is 6.07 Å².